The summed E-state index contributed by atoms with van der Waals surface area (Å²) < 4.78 is 25.7. The average molecular weight is 230 g/mol. The third kappa shape index (κ3) is 3.28. The van der Waals surface area contributed by atoms with E-state index in [2.05, 4.69) is 4.84 Å². The van der Waals surface area contributed by atoms with Gasteiger partial charge < -0.3 is 5.73 Å². The smallest absolute Gasteiger partial charge is 0.277 e. The molecule has 0 unspecified atom stereocenters. The Morgan fingerprint density at radius 3 is 2.69 bits per heavy atom. The minimum absolute atomic E-state index is 0.524. The SMILES string of the molecule is NC(=O)CONC(=O)c1cc(F)ccc1F. The standard InChI is InChI=1S/C9H8F2N2O3/c10-5-1-2-7(11)6(3-5)9(15)13-16-4-8(12)14/h1-3H,4H2,(H2,12,14)(H,13,15). The maximum Gasteiger partial charge on any atom is 0.277 e. The summed E-state index contributed by atoms with van der Waals surface area (Å²) in [6, 6.07) is 2.38. The van der Waals surface area contributed by atoms with Crippen LogP contribution < -0.4 is 11.2 Å². The van der Waals surface area contributed by atoms with Gasteiger partial charge in [-0.2, -0.15) is 0 Å². The van der Waals surface area contributed by atoms with E-state index in [1.54, 1.807) is 5.48 Å². The molecule has 0 spiro atoms. The molecule has 5 nitrogen and oxygen atoms in total. The Bertz CT molecular complexity index is 423. The van der Waals surface area contributed by atoms with Gasteiger partial charge in [0.2, 0.25) is 5.91 Å². The maximum atomic E-state index is 13.0. The van der Waals surface area contributed by atoms with E-state index in [1.807, 2.05) is 0 Å². The van der Waals surface area contributed by atoms with Crippen LogP contribution in [0.3, 0.4) is 0 Å². The van der Waals surface area contributed by atoms with Gasteiger partial charge >= 0.3 is 0 Å². The molecule has 0 bridgehead atoms. The summed E-state index contributed by atoms with van der Waals surface area (Å²) >= 11 is 0. The van der Waals surface area contributed by atoms with Crippen LogP contribution in [-0.4, -0.2) is 18.4 Å². The Kier molecular flexibility index (Phi) is 3.90. The Morgan fingerprint density at radius 1 is 1.38 bits per heavy atom. The lowest BCUT2D eigenvalue weighted by Gasteiger charge is -2.04. The van der Waals surface area contributed by atoms with E-state index in [-0.39, 0.29) is 0 Å². The van der Waals surface area contributed by atoms with Gasteiger partial charge in [0.05, 0.1) is 5.56 Å². The number of rotatable bonds is 4. The van der Waals surface area contributed by atoms with Gasteiger partial charge in [-0.15, -0.1) is 0 Å². The predicted molar refractivity (Wildman–Crippen MR) is 49.0 cm³/mol. The van der Waals surface area contributed by atoms with Crippen molar-refractivity contribution in [1.29, 1.82) is 0 Å². The van der Waals surface area contributed by atoms with E-state index >= 15 is 0 Å². The highest BCUT2D eigenvalue weighted by Gasteiger charge is 2.12. The van der Waals surface area contributed by atoms with E-state index in [0.29, 0.717) is 6.07 Å². The van der Waals surface area contributed by atoms with Crippen molar-refractivity contribution in [3.8, 4) is 0 Å². The zero-order valence-corrected chi connectivity index (χ0v) is 8.00. The number of amides is 2. The first-order valence-corrected chi connectivity index (χ1v) is 4.16. The van der Waals surface area contributed by atoms with Crippen molar-refractivity contribution >= 4 is 11.8 Å². The van der Waals surface area contributed by atoms with Gasteiger partial charge in [0.25, 0.3) is 5.91 Å². The van der Waals surface area contributed by atoms with Gasteiger partial charge in [0.15, 0.2) is 6.61 Å². The molecule has 0 saturated heterocycles. The molecule has 0 heterocycles. The van der Waals surface area contributed by atoms with Gasteiger partial charge in [0.1, 0.15) is 11.6 Å². The number of primary amides is 1. The first-order valence-electron chi connectivity index (χ1n) is 4.16. The van der Waals surface area contributed by atoms with Crippen LogP contribution in [0.5, 0.6) is 0 Å². The van der Waals surface area contributed by atoms with Gasteiger partial charge in [-0.05, 0) is 18.2 Å². The maximum absolute atomic E-state index is 13.0. The lowest BCUT2D eigenvalue weighted by atomic mass is 10.2. The van der Waals surface area contributed by atoms with Gasteiger partial charge in [-0.1, -0.05) is 0 Å². The second kappa shape index (κ2) is 5.17. The van der Waals surface area contributed by atoms with E-state index in [0.717, 1.165) is 12.1 Å². The van der Waals surface area contributed by atoms with Crippen LogP contribution in [0.15, 0.2) is 18.2 Å². The number of hydroxylamine groups is 1. The summed E-state index contributed by atoms with van der Waals surface area (Å²) in [6.07, 6.45) is 0. The number of benzene rings is 1. The average Bonchev–Trinajstić information content (AvgIpc) is 2.21. The summed E-state index contributed by atoms with van der Waals surface area (Å²) in [7, 11) is 0. The molecule has 2 amide bonds. The van der Waals surface area contributed by atoms with Crippen LogP contribution in [0, 0.1) is 11.6 Å². The zero-order chi connectivity index (χ0) is 12.1. The molecular formula is C9H8F2N2O3. The summed E-state index contributed by atoms with van der Waals surface area (Å²) in [4.78, 5) is 25.8. The molecule has 16 heavy (non-hydrogen) atoms. The van der Waals surface area contributed by atoms with E-state index in [4.69, 9.17) is 5.73 Å². The second-order valence-corrected chi connectivity index (χ2v) is 2.81. The second-order valence-electron chi connectivity index (χ2n) is 2.81. The molecule has 0 aliphatic rings. The van der Waals surface area contributed by atoms with Crippen LogP contribution >= 0.6 is 0 Å². The number of carbonyl (C=O) groups excluding carboxylic acids is 2. The van der Waals surface area contributed by atoms with Gasteiger partial charge in [-0.3, -0.25) is 14.4 Å². The summed E-state index contributed by atoms with van der Waals surface area (Å²) in [5.74, 6) is -3.47. The Morgan fingerprint density at radius 2 is 2.06 bits per heavy atom. The minimum Gasteiger partial charge on any atom is -0.368 e. The van der Waals surface area contributed by atoms with E-state index in [1.165, 1.54) is 0 Å². The van der Waals surface area contributed by atoms with Crippen molar-refractivity contribution in [2.24, 2.45) is 5.73 Å². The van der Waals surface area contributed by atoms with Crippen LogP contribution in [0.1, 0.15) is 10.4 Å². The molecule has 0 saturated carbocycles. The molecule has 86 valence electrons. The topological polar surface area (TPSA) is 81.4 Å². The number of carbonyl (C=O) groups is 2. The first kappa shape index (κ1) is 12.1. The highest BCUT2D eigenvalue weighted by Crippen LogP contribution is 2.09. The third-order valence-electron chi connectivity index (χ3n) is 1.55. The Labute approximate surface area is 89.1 Å². The molecule has 1 aromatic carbocycles. The van der Waals surface area contributed by atoms with Gasteiger partial charge in [-0.25, -0.2) is 14.3 Å². The fraction of sp³-hybridized carbons (Fsp3) is 0.111. The van der Waals surface area contributed by atoms with Crippen LogP contribution in [0.25, 0.3) is 0 Å². The van der Waals surface area contributed by atoms with Crippen molar-refractivity contribution in [2.75, 3.05) is 6.61 Å². The molecule has 3 N–H and O–H groups in total. The number of hydrogen-bond donors (Lipinski definition) is 2. The van der Waals surface area contributed by atoms with E-state index in [9.17, 15) is 18.4 Å². The minimum atomic E-state index is -1.00. The molecule has 0 fully saturated rings. The monoisotopic (exact) mass is 230 g/mol. The number of nitrogens with one attached hydrogen (secondary N) is 1. The third-order valence-corrected chi connectivity index (χ3v) is 1.55. The Hall–Kier alpha value is -2.02. The molecular weight excluding hydrogens is 222 g/mol. The lowest BCUT2D eigenvalue weighted by molar-refractivity contribution is -0.124. The molecule has 7 heteroatoms. The largest absolute Gasteiger partial charge is 0.368 e. The first-order chi connectivity index (χ1) is 7.50. The number of nitrogens with two attached hydrogens (primary N) is 1. The van der Waals surface area contributed by atoms with Crippen molar-refractivity contribution in [1.82, 2.24) is 5.48 Å². The van der Waals surface area contributed by atoms with Gasteiger partial charge in [0, 0.05) is 0 Å². The molecule has 0 aliphatic heterocycles. The van der Waals surface area contributed by atoms with Crippen molar-refractivity contribution < 1.29 is 23.2 Å². The predicted octanol–water partition coefficient (Wildman–Crippen LogP) is 0.111. The van der Waals surface area contributed by atoms with Crippen molar-refractivity contribution in [3.63, 3.8) is 0 Å². The summed E-state index contributed by atoms with van der Waals surface area (Å²) in [5, 5.41) is 0. The molecule has 0 radical (unpaired) electrons. The molecule has 0 aliphatic carbocycles. The fourth-order valence-electron chi connectivity index (χ4n) is 0.899. The number of halogens is 2. The Balaban J connectivity index is 2.65. The summed E-state index contributed by atoms with van der Waals surface area (Å²) in [6.45, 7) is -0.553. The van der Waals surface area contributed by atoms with Crippen molar-refractivity contribution in [2.45, 2.75) is 0 Å². The van der Waals surface area contributed by atoms with Crippen molar-refractivity contribution in [3.05, 3.63) is 35.4 Å². The number of hydrogen-bond acceptors (Lipinski definition) is 3. The molecule has 1 aromatic rings. The van der Waals surface area contributed by atoms with Crippen LogP contribution in [0.2, 0.25) is 0 Å². The lowest BCUT2D eigenvalue weighted by Crippen LogP contribution is -2.29. The summed E-state index contributed by atoms with van der Waals surface area (Å²) in [5.41, 5.74) is 5.95. The normalized spacial score (nSPS) is 9.88. The highest BCUT2D eigenvalue weighted by atomic mass is 19.1. The molecule has 1 rings (SSSR count). The van der Waals surface area contributed by atoms with E-state index < -0.39 is 35.6 Å². The van der Waals surface area contributed by atoms with Crippen LogP contribution in [-0.2, 0) is 9.63 Å². The zero-order valence-electron chi connectivity index (χ0n) is 8.00. The molecule has 0 aromatic heterocycles. The highest BCUT2D eigenvalue weighted by molar-refractivity contribution is 5.93. The fourth-order valence-corrected chi connectivity index (χ4v) is 0.899. The van der Waals surface area contributed by atoms with Crippen LogP contribution in [0.4, 0.5) is 8.78 Å². The molecule has 0 atom stereocenters. The quantitative estimate of drug-likeness (QED) is 0.720.